The third-order valence-electron chi connectivity index (χ3n) is 6.80. The van der Waals surface area contributed by atoms with Crippen molar-refractivity contribution in [1.82, 2.24) is 35.2 Å². The second-order valence-corrected chi connectivity index (χ2v) is 9.26. The van der Waals surface area contributed by atoms with Crippen molar-refractivity contribution in [2.75, 3.05) is 6.54 Å². The van der Waals surface area contributed by atoms with E-state index in [1.807, 2.05) is 22.6 Å². The van der Waals surface area contributed by atoms with E-state index in [9.17, 15) is 4.79 Å². The summed E-state index contributed by atoms with van der Waals surface area (Å²) in [6, 6.07) is 8.74. The molecule has 36 heavy (non-hydrogen) atoms. The van der Waals surface area contributed by atoms with Crippen molar-refractivity contribution < 1.29 is 4.79 Å². The Morgan fingerprint density at radius 2 is 2.08 bits per heavy atom. The van der Waals surface area contributed by atoms with Crippen molar-refractivity contribution in [3.05, 3.63) is 70.7 Å². The molecule has 10 nitrogen and oxygen atoms in total. The van der Waals surface area contributed by atoms with Crippen molar-refractivity contribution in [3.63, 3.8) is 0 Å². The predicted molar refractivity (Wildman–Crippen MR) is 139 cm³/mol. The van der Waals surface area contributed by atoms with E-state index in [4.69, 9.17) is 4.98 Å². The number of hydrogen-bond donors (Lipinski definition) is 2. The number of carbonyl (C=O) groups is 1. The Morgan fingerprint density at radius 3 is 2.81 bits per heavy atom. The second kappa shape index (κ2) is 10.3. The first-order valence-corrected chi connectivity index (χ1v) is 12.3. The van der Waals surface area contributed by atoms with Crippen molar-refractivity contribution in [2.45, 2.75) is 58.7 Å². The molecule has 1 aromatic carbocycles. The molecule has 0 spiro atoms. The van der Waals surface area contributed by atoms with Crippen LogP contribution in [0, 0.1) is 0 Å². The summed E-state index contributed by atoms with van der Waals surface area (Å²) in [5.41, 5.74) is 6.21. The van der Waals surface area contributed by atoms with E-state index < -0.39 is 0 Å². The Labute approximate surface area is 210 Å². The first-order chi connectivity index (χ1) is 17.5. The van der Waals surface area contributed by atoms with E-state index in [-0.39, 0.29) is 18.4 Å². The molecule has 0 unspecified atom stereocenters. The summed E-state index contributed by atoms with van der Waals surface area (Å²) in [4.78, 5) is 28.1. The van der Waals surface area contributed by atoms with Gasteiger partial charge in [-0.2, -0.15) is 0 Å². The molecular weight excluding hydrogens is 454 g/mol. The number of hydrogen-bond acceptors (Lipinski definition) is 5. The highest BCUT2D eigenvalue weighted by atomic mass is 16.2. The summed E-state index contributed by atoms with van der Waals surface area (Å²) < 4.78 is 2.04. The zero-order chi connectivity index (χ0) is 25.1. The molecule has 3 aromatic rings. The molecule has 2 aromatic heterocycles. The summed E-state index contributed by atoms with van der Waals surface area (Å²) in [6.07, 6.45) is 6.58. The number of allylic oxidation sites excluding steroid dienone is 1. The van der Waals surface area contributed by atoms with Gasteiger partial charge in [0.15, 0.2) is 0 Å². The van der Waals surface area contributed by atoms with Gasteiger partial charge >= 0.3 is 0 Å². The molecule has 0 bridgehead atoms. The van der Waals surface area contributed by atoms with E-state index >= 15 is 0 Å². The van der Waals surface area contributed by atoms with Crippen LogP contribution in [0.2, 0.25) is 0 Å². The number of rotatable bonds is 6. The van der Waals surface area contributed by atoms with E-state index in [0.717, 1.165) is 54.3 Å². The lowest BCUT2D eigenvalue weighted by Gasteiger charge is -2.25. The number of amides is 1. The average molecular weight is 486 g/mol. The standard InChI is InChI=1S/C26H31N9O/c1-4-34-15-21(13-24(36)35-10-9-22-23(16-35)32-33-31-22)29-25(34)17(2)14-28-26(27-3)30-20-11-18-7-5-6-8-19(18)12-20/h5-8,14-15,20H,3-4,9-13,16H2,1-2H3,(H,28,30)(H,31,32,33)/b17-14+. The molecular formula is C26H31N9O. The third kappa shape index (κ3) is 4.98. The molecule has 0 saturated carbocycles. The molecule has 0 atom stereocenters. The number of imidazole rings is 1. The first kappa shape index (κ1) is 23.7. The molecule has 2 N–H and O–H groups in total. The van der Waals surface area contributed by atoms with Gasteiger partial charge < -0.3 is 14.8 Å². The quantitative estimate of drug-likeness (QED) is 0.411. The topological polar surface area (TPSA) is 116 Å². The number of H-pyrrole nitrogens is 1. The van der Waals surface area contributed by atoms with Crippen LogP contribution in [0.3, 0.4) is 0 Å². The molecule has 186 valence electrons. The Hall–Kier alpha value is -4.08. The Balaban J connectivity index is 1.25. The largest absolute Gasteiger partial charge is 0.351 e. The number of benzene rings is 1. The maximum absolute atomic E-state index is 12.9. The number of aromatic nitrogens is 5. The van der Waals surface area contributed by atoms with Crippen molar-refractivity contribution in [3.8, 4) is 0 Å². The van der Waals surface area contributed by atoms with Gasteiger partial charge in [0.2, 0.25) is 11.9 Å². The fourth-order valence-corrected chi connectivity index (χ4v) is 4.88. The van der Waals surface area contributed by atoms with Crippen molar-refractivity contribution in [1.29, 1.82) is 0 Å². The van der Waals surface area contributed by atoms with Crippen LogP contribution in [0.4, 0.5) is 0 Å². The lowest BCUT2D eigenvalue weighted by Crippen LogP contribution is -2.37. The molecule has 1 aliphatic heterocycles. The van der Waals surface area contributed by atoms with Gasteiger partial charge in [0.05, 0.1) is 24.4 Å². The number of nitrogens with zero attached hydrogens (tertiary/aromatic N) is 7. The molecule has 0 radical (unpaired) electrons. The van der Waals surface area contributed by atoms with Crippen LogP contribution in [0.5, 0.6) is 0 Å². The van der Waals surface area contributed by atoms with Crippen molar-refractivity contribution in [2.24, 2.45) is 9.98 Å². The van der Waals surface area contributed by atoms with E-state index in [2.05, 4.69) is 68.6 Å². The van der Waals surface area contributed by atoms with Crippen LogP contribution in [0.1, 0.15) is 47.9 Å². The molecule has 5 rings (SSSR count). The van der Waals surface area contributed by atoms with Crippen molar-refractivity contribution >= 4 is 24.2 Å². The van der Waals surface area contributed by atoms with Gasteiger partial charge in [-0.25, -0.2) is 15.0 Å². The normalized spacial score (nSPS) is 16.1. The van der Waals surface area contributed by atoms with Gasteiger partial charge in [-0.1, -0.05) is 29.5 Å². The Kier molecular flexibility index (Phi) is 6.75. The number of guanidine groups is 1. The Bertz CT molecular complexity index is 1310. The summed E-state index contributed by atoms with van der Waals surface area (Å²) >= 11 is 0. The highest BCUT2D eigenvalue weighted by molar-refractivity contribution is 5.85. The summed E-state index contributed by atoms with van der Waals surface area (Å²) in [7, 11) is 0. The van der Waals surface area contributed by atoms with Crippen LogP contribution in [-0.4, -0.2) is 61.0 Å². The summed E-state index contributed by atoms with van der Waals surface area (Å²) in [6.45, 7) is 9.58. The van der Waals surface area contributed by atoms with Crippen LogP contribution in [0.25, 0.3) is 5.57 Å². The zero-order valence-electron chi connectivity index (χ0n) is 20.7. The highest BCUT2D eigenvalue weighted by Gasteiger charge is 2.24. The summed E-state index contributed by atoms with van der Waals surface area (Å²) in [5, 5.41) is 14.2. The smallest absolute Gasteiger partial charge is 0.229 e. The van der Waals surface area contributed by atoms with Crippen LogP contribution >= 0.6 is 0 Å². The van der Waals surface area contributed by atoms with Gasteiger partial charge in [0, 0.05) is 43.5 Å². The molecule has 0 fully saturated rings. The number of aliphatic imine (C=N–C) groups is 2. The van der Waals surface area contributed by atoms with Gasteiger partial charge in [0.1, 0.15) is 11.5 Å². The molecule has 0 saturated heterocycles. The number of carbonyl (C=O) groups excluding carboxylic acids is 1. The van der Waals surface area contributed by atoms with Gasteiger partial charge in [-0.15, -0.1) is 5.10 Å². The molecule has 10 heteroatoms. The second-order valence-electron chi connectivity index (χ2n) is 9.26. The van der Waals surface area contributed by atoms with E-state index in [0.29, 0.717) is 19.0 Å². The van der Waals surface area contributed by atoms with Crippen LogP contribution in [0.15, 0.2) is 46.6 Å². The highest BCUT2D eigenvalue weighted by Crippen LogP contribution is 2.22. The molecule has 3 heterocycles. The number of aryl methyl sites for hydroxylation is 1. The maximum atomic E-state index is 12.9. The average Bonchev–Trinajstić information content (AvgIpc) is 3.63. The van der Waals surface area contributed by atoms with Gasteiger partial charge in [-0.3, -0.25) is 9.89 Å². The monoisotopic (exact) mass is 485 g/mol. The fraction of sp³-hybridized carbons (Fsp3) is 0.385. The lowest BCUT2D eigenvalue weighted by molar-refractivity contribution is -0.131. The van der Waals surface area contributed by atoms with Crippen LogP contribution < -0.4 is 5.32 Å². The van der Waals surface area contributed by atoms with Gasteiger partial charge in [-0.05, 0) is 44.5 Å². The predicted octanol–water partition coefficient (Wildman–Crippen LogP) is 2.32. The minimum Gasteiger partial charge on any atom is -0.351 e. The Morgan fingerprint density at radius 1 is 1.31 bits per heavy atom. The number of nitrogens with one attached hydrogen (secondary N) is 2. The molecule has 1 amide bonds. The maximum Gasteiger partial charge on any atom is 0.229 e. The minimum atomic E-state index is 0.0375. The molecule has 2 aliphatic rings. The fourth-order valence-electron chi connectivity index (χ4n) is 4.88. The van der Waals surface area contributed by atoms with E-state index in [1.54, 1.807) is 6.20 Å². The molecule has 1 aliphatic carbocycles. The minimum absolute atomic E-state index is 0.0375. The zero-order valence-corrected chi connectivity index (χ0v) is 20.7. The summed E-state index contributed by atoms with van der Waals surface area (Å²) in [5.74, 6) is 1.32. The number of aromatic amines is 1. The van der Waals surface area contributed by atoms with E-state index in [1.165, 1.54) is 11.1 Å². The SMILES string of the molecule is C=N/C(=N\C=C(/C)c1nc(CC(=O)N2CCc3[nH]nnc3C2)cn1CC)NC1Cc2ccccc2C1. The first-order valence-electron chi connectivity index (χ1n) is 12.3. The van der Waals surface area contributed by atoms with Crippen LogP contribution in [-0.2, 0) is 43.6 Å². The third-order valence-corrected chi connectivity index (χ3v) is 6.80. The van der Waals surface area contributed by atoms with Gasteiger partial charge in [0.25, 0.3) is 0 Å². The number of fused-ring (bicyclic) bond motifs is 2. The lowest BCUT2D eigenvalue weighted by atomic mass is 10.1.